The zero-order valence-corrected chi connectivity index (χ0v) is 14.8. The highest BCUT2D eigenvalue weighted by atomic mass is 16.5. The Kier molecular flexibility index (Phi) is 6.50. The lowest BCUT2D eigenvalue weighted by Crippen LogP contribution is -2.31. The summed E-state index contributed by atoms with van der Waals surface area (Å²) in [7, 11) is 0. The molecule has 0 spiro atoms. The minimum Gasteiger partial charge on any atom is -0.490 e. The summed E-state index contributed by atoms with van der Waals surface area (Å²) in [6.45, 7) is 1.93. The number of carboxylic acid groups (broad SMARTS) is 1. The Hall–Kier alpha value is -2.53. The Balaban J connectivity index is 1.68. The molecule has 1 atom stereocenters. The van der Waals surface area contributed by atoms with Gasteiger partial charge in [0.2, 0.25) is 0 Å². The predicted octanol–water partition coefficient (Wildman–Crippen LogP) is 3.41. The van der Waals surface area contributed by atoms with Crippen molar-refractivity contribution in [3.8, 4) is 11.5 Å². The summed E-state index contributed by atoms with van der Waals surface area (Å²) in [6, 6.07) is 16.1. The lowest BCUT2D eigenvalue weighted by Gasteiger charge is -2.20. The second kappa shape index (κ2) is 9.25. The molecule has 0 saturated heterocycles. The maximum absolute atomic E-state index is 11.0. The summed E-state index contributed by atoms with van der Waals surface area (Å²) in [6.07, 6.45) is 2.39. The number of benzene rings is 2. The van der Waals surface area contributed by atoms with E-state index in [1.165, 1.54) is 5.56 Å². The van der Waals surface area contributed by atoms with Gasteiger partial charge in [-0.05, 0) is 24.5 Å². The highest BCUT2D eigenvalue weighted by molar-refractivity contribution is 5.66. The van der Waals surface area contributed by atoms with E-state index in [1.807, 2.05) is 36.4 Å². The van der Waals surface area contributed by atoms with Gasteiger partial charge in [-0.2, -0.15) is 0 Å². The van der Waals surface area contributed by atoms with Gasteiger partial charge in [0, 0.05) is 31.0 Å². The van der Waals surface area contributed by atoms with Crippen LogP contribution in [0.5, 0.6) is 11.5 Å². The summed E-state index contributed by atoms with van der Waals surface area (Å²) >= 11 is 0. The average molecular weight is 355 g/mol. The summed E-state index contributed by atoms with van der Waals surface area (Å²) in [5, 5.41) is 12.6. The van der Waals surface area contributed by atoms with Crippen LogP contribution in [0.1, 0.15) is 30.4 Å². The van der Waals surface area contributed by atoms with Crippen LogP contribution in [-0.2, 0) is 17.8 Å². The number of ether oxygens (including phenoxy) is 2. The van der Waals surface area contributed by atoms with Gasteiger partial charge in [-0.3, -0.25) is 4.79 Å². The smallest absolute Gasteiger partial charge is 0.303 e. The third kappa shape index (κ3) is 5.23. The zero-order valence-electron chi connectivity index (χ0n) is 14.8. The Morgan fingerprint density at radius 3 is 2.69 bits per heavy atom. The maximum atomic E-state index is 11.0. The molecule has 0 aliphatic carbocycles. The molecule has 0 radical (unpaired) electrons. The largest absolute Gasteiger partial charge is 0.490 e. The second-order valence-corrected chi connectivity index (χ2v) is 6.49. The Morgan fingerprint density at radius 2 is 1.88 bits per heavy atom. The van der Waals surface area contributed by atoms with Crippen molar-refractivity contribution in [2.24, 2.45) is 0 Å². The molecule has 3 rings (SSSR count). The van der Waals surface area contributed by atoms with Gasteiger partial charge < -0.3 is 19.9 Å². The number of carboxylic acids is 1. The highest BCUT2D eigenvalue weighted by Gasteiger charge is 2.16. The summed E-state index contributed by atoms with van der Waals surface area (Å²) in [5.41, 5.74) is 2.24. The van der Waals surface area contributed by atoms with Crippen molar-refractivity contribution in [1.82, 2.24) is 5.32 Å². The van der Waals surface area contributed by atoms with Crippen molar-refractivity contribution in [3.05, 3.63) is 59.7 Å². The number of nitrogens with one attached hydrogen (secondary N) is 1. The molecular formula is C21H25NO4. The molecule has 0 bridgehead atoms. The van der Waals surface area contributed by atoms with Crippen molar-refractivity contribution < 1.29 is 19.4 Å². The number of rotatable bonds is 8. The number of aliphatic carboxylic acids is 1. The SMILES string of the molecule is O=C(O)CCC(Cc1ccccc1)NCc1cccc2c1OCCCO2. The zero-order chi connectivity index (χ0) is 18.2. The van der Waals surface area contributed by atoms with E-state index in [1.54, 1.807) is 0 Å². The standard InChI is InChI=1S/C21H25NO4/c23-20(24)11-10-18(14-16-6-2-1-3-7-16)22-15-17-8-4-9-19-21(17)26-13-5-12-25-19/h1-4,6-9,18,22H,5,10-15H2,(H,23,24). The fourth-order valence-corrected chi connectivity index (χ4v) is 3.12. The van der Waals surface area contributed by atoms with Crippen LogP contribution < -0.4 is 14.8 Å². The first-order valence-electron chi connectivity index (χ1n) is 9.09. The Bertz CT molecular complexity index is 717. The number of para-hydroxylation sites is 1. The van der Waals surface area contributed by atoms with Gasteiger partial charge in [-0.15, -0.1) is 0 Å². The van der Waals surface area contributed by atoms with Gasteiger partial charge in [0.1, 0.15) is 0 Å². The third-order valence-electron chi connectivity index (χ3n) is 4.47. The topological polar surface area (TPSA) is 67.8 Å². The molecule has 1 aliphatic rings. The van der Waals surface area contributed by atoms with Gasteiger partial charge in [-0.25, -0.2) is 0 Å². The molecule has 138 valence electrons. The molecule has 1 unspecified atom stereocenters. The first-order chi connectivity index (χ1) is 12.7. The van der Waals surface area contributed by atoms with E-state index in [9.17, 15) is 4.79 Å². The third-order valence-corrected chi connectivity index (χ3v) is 4.47. The van der Waals surface area contributed by atoms with E-state index in [0.717, 1.165) is 29.9 Å². The molecule has 5 heteroatoms. The van der Waals surface area contributed by atoms with Crippen LogP contribution in [0, 0.1) is 0 Å². The van der Waals surface area contributed by atoms with E-state index >= 15 is 0 Å². The number of fused-ring (bicyclic) bond motifs is 1. The molecule has 0 fully saturated rings. The fourth-order valence-electron chi connectivity index (χ4n) is 3.12. The van der Waals surface area contributed by atoms with E-state index in [0.29, 0.717) is 26.2 Å². The Labute approximate surface area is 153 Å². The van der Waals surface area contributed by atoms with Crippen LogP contribution >= 0.6 is 0 Å². The van der Waals surface area contributed by atoms with Gasteiger partial charge in [0.15, 0.2) is 11.5 Å². The highest BCUT2D eigenvalue weighted by Crippen LogP contribution is 2.33. The number of carbonyl (C=O) groups is 1. The molecule has 0 saturated carbocycles. The average Bonchev–Trinajstić information content (AvgIpc) is 2.90. The minimum atomic E-state index is -0.768. The molecule has 1 heterocycles. The van der Waals surface area contributed by atoms with Crippen LogP contribution in [0.4, 0.5) is 0 Å². The lowest BCUT2D eigenvalue weighted by molar-refractivity contribution is -0.137. The van der Waals surface area contributed by atoms with Crippen LogP contribution in [0.25, 0.3) is 0 Å². The normalized spacial score (nSPS) is 14.5. The van der Waals surface area contributed by atoms with Gasteiger partial charge in [-0.1, -0.05) is 42.5 Å². The van der Waals surface area contributed by atoms with E-state index < -0.39 is 5.97 Å². The van der Waals surface area contributed by atoms with Crippen LogP contribution in [0.2, 0.25) is 0 Å². The molecule has 0 amide bonds. The minimum absolute atomic E-state index is 0.0797. The van der Waals surface area contributed by atoms with Crippen LogP contribution in [-0.4, -0.2) is 30.3 Å². The summed E-state index contributed by atoms with van der Waals surface area (Å²) < 4.78 is 11.6. The van der Waals surface area contributed by atoms with Crippen molar-refractivity contribution in [2.75, 3.05) is 13.2 Å². The van der Waals surface area contributed by atoms with E-state index in [-0.39, 0.29) is 12.5 Å². The van der Waals surface area contributed by atoms with Gasteiger partial charge in [0.25, 0.3) is 0 Å². The first-order valence-corrected chi connectivity index (χ1v) is 9.09. The first kappa shape index (κ1) is 18.3. The van der Waals surface area contributed by atoms with E-state index in [2.05, 4.69) is 17.4 Å². The molecular weight excluding hydrogens is 330 g/mol. The van der Waals surface area contributed by atoms with Gasteiger partial charge >= 0.3 is 5.97 Å². The quantitative estimate of drug-likeness (QED) is 0.759. The summed E-state index contributed by atoms with van der Waals surface area (Å²) in [4.78, 5) is 11.0. The maximum Gasteiger partial charge on any atom is 0.303 e. The monoisotopic (exact) mass is 355 g/mol. The van der Waals surface area contributed by atoms with Crippen molar-refractivity contribution >= 4 is 5.97 Å². The van der Waals surface area contributed by atoms with Crippen molar-refractivity contribution in [3.63, 3.8) is 0 Å². The van der Waals surface area contributed by atoms with Crippen LogP contribution in [0.15, 0.2) is 48.5 Å². The van der Waals surface area contributed by atoms with Gasteiger partial charge in [0.05, 0.1) is 13.2 Å². The molecule has 0 aromatic heterocycles. The lowest BCUT2D eigenvalue weighted by atomic mass is 10.0. The predicted molar refractivity (Wildman–Crippen MR) is 99.7 cm³/mol. The second-order valence-electron chi connectivity index (χ2n) is 6.49. The van der Waals surface area contributed by atoms with Crippen LogP contribution in [0.3, 0.4) is 0 Å². The fraction of sp³-hybridized carbons (Fsp3) is 0.381. The van der Waals surface area contributed by atoms with Crippen molar-refractivity contribution in [2.45, 2.75) is 38.3 Å². The molecule has 5 nitrogen and oxygen atoms in total. The Morgan fingerprint density at radius 1 is 1.08 bits per heavy atom. The molecule has 2 aromatic carbocycles. The summed E-state index contributed by atoms with van der Waals surface area (Å²) in [5.74, 6) is 0.816. The number of hydrogen-bond donors (Lipinski definition) is 2. The molecule has 1 aliphatic heterocycles. The molecule has 2 aromatic rings. The molecule has 2 N–H and O–H groups in total. The number of hydrogen-bond acceptors (Lipinski definition) is 4. The van der Waals surface area contributed by atoms with Crippen molar-refractivity contribution in [1.29, 1.82) is 0 Å². The van der Waals surface area contributed by atoms with E-state index in [4.69, 9.17) is 14.6 Å². The molecule has 26 heavy (non-hydrogen) atoms.